The number of likely N-dealkylation sites (N-methyl/N-ethyl adjacent to an activating group) is 1. The van der Waals surface area contributed by atoms with Crippen LogP contribution in [0.1, 0.15) is 16.1 Å². The second-order valence-electron chi connectivity index (χ2n) is 5.29. The van der Waals surface area contributed by atoms with Crippen molar-refractivity contribution in [3.8, 4) is 0 Å². The molecule has 0 spiro atoms. The standard InChI is InChI=1S/C14H19N5O/c1-11-10-18-4-3-12(9-13(18)15-11)14(20)16-19-7-5-17(2)6-8-19/h3-4,9-10H,5-8H2,1-2H3,(H,16,20). The number of rotatable bonds is 2. The third kappa shape index (κ3) is 2.66. The molecule has 1 fully saturated rings. The minimum absolute atomic E-state index is 0.0716. The molecule has 1 N–H and O–H groups in total. The Morgan fingerprint density at radius 1 is 1.30 bits per heavy atom. The lowest BCUT2D eigenvalue weighted by Gasteiger charge is -2.32. The molecule has 1 amide bonds. The van der Waals surface area contributed by atoms with Gasteiger partial charge in [0.2, 0.25) is 0 Å². The Balaban J connectivity index is 1.71. The largest absolute Gasteiger partial charge is 0.307 e. The van der Waals surface area contributed by atoms with E-state index in [9.17, 15) is 4.79 Å². The third-order valence-electron chi connectivity index (χ3n) is 3.61. The first-order valence-corrected chi connectivity index (χ1v) is 6.82. The van der Waals surface area contributed by atoms with E-state index in [1.165, 1.54) is 0 Å². The number of amides is 1. The summed E-state index contributed by atoms with van der Waals surface area (Å²) in [6.07, 6.45) is 3.81. The fourth-order valence-corrected chi connectivity index (χ4v) is 2.38. The summed E-state index contributed by atoms with van der Waals surface area (Å²) < 4.78 is 1.92. The molecule has 2 aromatic heterocycles. The van der Waals surface area contributed by atoms with Crippen LogP contribution in [0.25, 0.3) is 5.65 Å². The molecular formula is C14H19N5O. The van der Waals surface area contributed by atoms with Gasteiger partial charge < -0.3 is 9.30 Å². The number of hydrazine groups is 1. The van der Waals surface area contributed by atoms with Crippen molar-refractivity contribution < 1.29 is 4.79 Å². The maximum Gasteiger partial charge on any atom is 0.265 e. The Bertz CT molecular complexity index is 628. The highest BCUT2D eigenvalue weighted by atomic mass is 16.2. The highest BCUT2D eigenvalue weighted by molar-refractivity contribution is 5.94. The molecule has 0 aliphatic carbocycles. The van der Waals surface area contributed by atoms with E-state index in [2.05, 4.69) is 22.4 Å². The van der Waals surface area contributed by atoms with Crippen molar-refractivity contribution in [2.75, 3.05) is 33.2 Å². The molecule has 20 heavy (non-hydrogen) atoms. The number of pyridine rings is 1. The van der Waals surface area contributed by atoms with Crippen LogP contribution in [0.15, 0.2) is 24.5 Å². The number of imidazole rings is 1. The zero-order chi connectivity index (χ0) is 14.1. The number of fused-ring (bicyclic) bond motifs is 1. The van der Waals surface area contributed by atoms with Crippen LogP contribution >= 0.6 is 0 Å². The van der Waals surface area contributed by atoms with E-state index in [-0.39, 0.29) is 5.91 Å². The van der Waals surface area contributed by atoms with Crippen molar-refractivity contribution in [3.63, 3.8) is 0 Å². The fourth-order valence-electron chi connectivity index (χ4n) is 2.38. The van der Waals surface area contributed by atoms with Gasteiger partial charge in [-0.25, -0.2) is 9.99 Å². The van der Waals surface area contributed by atoms with E-state index in [0.29, 0.717) is 5.56 Å². The van der Waals surface area contributed by atoms with Crippen LogP contribution in [-0.2, 0) is 0 Å². The first-order valence-electron chi connectivity index (χ1n) is 6.82. The van der Waals surface area contributed by atoms with E-state index in [1.807, 2.05) is 40.9 Å². The summed E-state index contributed by atoms with van der Waals surface area (Å²) in [5.41, 5.74) is 5.34. The average molecular weight is 273 g/mol. The summed E-state index contributed by atoms with van der Waals surface area (Å²) >= 11 is 0. The van der Waals surface area contributed by atoms with Crippen molar-refractivity contribution in [2.24, 2.45) is 0 Å². The van der Waals surface area contributed by atoms with Crippen LogP contribution in [0.5, 0.6) is 0 Å². The Hall–Kier alpha value is -1.92. The molecule has 6 nitrogen and oxygen atoms in total. The van der Waals surface area contributed by atoms with Crippen molar-refractivity contribution in [2.45, 2.75) is 6.92 Å². The first-order chi connectivity index (χ1) is 9.61. The molecule has 1 aliphatic heterocycles. The summed E-state index contributed by atoms with van der Waals surface area (Å²) in [6.45, 7) is 5.59. The molecule has 0 bridgehead atoms. The summed E-state index contributed by atoms with van der Waals surface area (Å²) in [4.78, 5) is 18.9. The maximum absolute atomic E-state index is 12.2. The van der Waals surface area contributed by atoms with E-state index >= 15 is 0 Å². The number of nitrogens with zero attached hydrogens (tertiary/aromatic N) is 4. The van der Waals surface area contributed by atoms with Crippen molar-refractivity contribution in [1.29, 1.82) is 0 Å². The Morgan fingerprint density at radius 2 is 2.05 bits per heavy atom. The van der Waals surface area contributed by atoms with Gasteiger partial charge in [0, 0.05) is 44.1 Å². The predicted octanol–water partition coefficient (Wildman–Crippen LogP) is 0.535. The van der Waals surface area contributed by atoms with Gasteiger partial charge in [-0.15, -0.1) is 0 Å². The number of aryl methyl sites for hydroxylation is 1. The van der Waals surface area contributed by atoms with Gasteiger partial charge in [0.25, 0.3) is 5.91 Å². The molecule has 6 heteroatoms. The zero-order valence-corrected chi connectivity index (χ0v) is 11.8. The first kappa shape index (κ1) is 13.1. The van der Waals surface area contributed by atoms with Crippen LogP contribution in [0, 0.1) is 6.92 Å². The number of hydrogen-bond acceptors (Lipinski definition) is 4. The van der Waals surface area contributed by atoms with Gasteiger partial charge in [0.15, 0.2) is 0 Å². The van der Waals surface area contributed by atoms with Gasteiger partial charge in [-0.1, -0.05) is 0 Å². The molecule has 106 valence electrons. The Labute approximate surface area is 118 Å². The normalized spacial score (nSPS) is 17.5. The lowest BCUT2D eigenvalue weighted by Crippen LogP contribution is -2.52. The molecule has 0 atom stereocenters. The molecule has 3 rings (SSSR count). The van der Waals surface area contributed by atoms with Crippen molar-refractivity contribution >= 4 is 11.6 Å². The van der Waals surface area contributed by atoms with Crippen LogP contribution < -0.4 is 5.43 Å². The molecule has 1 saturated heterocycles. The lowest BCUT2D eigenvalue weighted by atomic mass is 10.2. The van der Waals surface area contributed by atoms with E-state index < -0.39 is 0 Å². The quantitative estimate of drug-likeness (QED) is 0.867. The minimum Gasteiger partial charge on any atom is -0.307 e. The lowest BCUT2D eigenvalue weighted by molar-refractivity contribution is 0.0662. The molecule has 0 aromatic carbocycles. The molecule has 2 aromatic rings. The van der Waals surface area contributed by atoms with Gasteiger partial charge in [-0.2, -0.15) is 0 Å². The molecule has 0 saturated carbocycles. The van der Waals surface area contributed by atoms with Crippen LogP contribution in [0.3, 0.4) is 0 Å². The predicted molar refractivity (Wildman–Crippen MR) is 76.5 cm³/mol. The summed E-state index contributed by atoms with van der Waals surface area (Å²) in [6, 6.07) is 3.64. The Morgan fingerprint density at radius 3 is 2.80 bits per heavy atom. The fraction of sp³-hybridized carbons (Fsp3) is 0.429. The molecule has 0 radical (unpaired) electrons. The van der Waals surface area contributed by atoms with Crippen LogP contribution in [0.2, 0.25) is 0 Å². The Kier molecular flexibility index (Phi) is 3.42. The van der Waals surface area contributed by atoms with Crippen molar-refractivity contribution in [1.82, 2.24) is 24.7 Å². The van der Waals surface area contributed by atoms with E-state index in [0.717, 1.165) is 37.5 Å². The van der Waals surface area contributed by atoms with Crippen molar-refractivity contribution in [3.05, 3.63) is 35.8 Å². The molecule has 0 unspecified atom stereocenters. The second kappa shape index (κ2) is 5.22. The maximum atomic E-state index is 12.2. The topological polar surface area (TPSA) is 52.9 Å². The third-order valence-corrected chi connectivity index (χ3v) is 3.61. The number of nitrogens with one attached hydrogen (secondary N) is 1. The van der Waals surface area contributed by atoms with Crippen LogP contribution in [-0.4, -0.2) is 58.4 Å². The monoisotopic (exact) mass is 273 g/mol. The van der Waals surface area contributed by atoms with Gasteiger partial charge in [0.1, 0.15) is 5.65 Å². The SMILES string of the molecule is Cc1cn2ccc(C(=O)NN3CCN(C)CC3)cc2n1. The van der Waals surface area contributed by atoms with Gasteiger partial charge in [-0.3, -0.25) is 10.2 Å². The second-order valence-corrected chi connectivity index (χ2v) is 5.29. The molecule has 3 heterocycles. The summed E-state index contributed by atoms with van der Waals surface area (Å²) in [7, 11) is 2.09. The van der Waals surface area contributed by atoms with Crippen LogP contribution in [0.4, 0.5) is 0 Å². The zero-order valence-electron chi connectivity index (χ0n) is 11.8. The number of aromatic nitrogens is 2. The highest BCUT2D eigenvalue weighted by Crippen LogP contribution is 2.08. The van der Waals surface area contributed by atoms with Gasteiger partial charge in [0.05, 0.1) is 5.69 Å². The van der Waals surface area contributed by atoms with Gasteiger partial charge in [-0.05, 0) is 26.1 Å². The number of hydrogen-bond donors (Lipinski definition) is 1. The minimum atomic E-state index is -0.0716. The summed E-state index contributed by atoms with van der Waals surface area (Å²) in [5.74, 6) is -0.0716. The number of carbonyl (C=O) groups is 1. The summed E-state index contributed by atoms with van der Waals surface area (Å²) in [5, 5.41) is 1.98. The highest BCUT2D eigenvalue weighted by Gasteiger charge is 2.16. The molecular weight excluding hydrogens is 254 g/mol. The smallest absolute Gasteiger partial charge is 0.265 e. The van der Waals surface area contributed by atoms with E-state index in [4.69, 9.17) is 0 Å². The molecule has 1 aliphatic rings. The van der Waals surface area contributed by atoms with E-state index in [1.54, 1.807) is 0 Å². The number of piperazine rings is 1. The average Bonchev–Trinajstić information content (AvgIpc) is 2.80. The van der Waals surface area contributed by atoms with Gasteiger partial charge >= 0.3 is 0 Å². The number of carbonyl (C=O) groups excluding carboxylic acids is 1.